The van der Waals surface area contributed by atoms with Gasteiger partial charge in [-0.15, -0.1) is 0 Å². The van der Waals surface area contributed by atoms with Crippen molar-refractivity contribution in [2.45, 2.75) is 25.8 Å². The lowest BCUT2D eigenvalue weighted by Crippen LogP contribution is -2.35. The number of rotatable bonds is 4. The van der Waals surface area contributed by atoms with Crippen LogP contribution in [0.5, 0.6) is 0 Å². The fraction of sp³-hybridized carbons (Fsp3) is 0.300. The summed E-state index contributed by atoms with van der Waals surface area (Å²) in [5.74, 6) is -1.79. The number of carbonyl (C=O) groups excluding carboxylic acids is 2. The number of hydrogen-bond acceptors (Lipinski definition) is 3. The van der Waals surface area contributed by atoms with E-state index in [2.05, 4.69) is 15.5 Å². The maximum absolute atomic E-state index is 12.8. The molecule has 1 saturated heterocycles. The van der Waals surface area contributed by atoms with Crippen LogP contribution >= 0.6 is 0 Å². The average molecular weight is 355 g/mol. The summed E-state index contributed by atoms with van der Waals surface area (Å²) in [4.78, 5) is 26.2. The fourth-order valence-electron chi connectivity index (χ4n) is 2.96. The van der Waals surface area contributed by atoms with Crippen LogP contribution in [0.15, 0.2) is 48.5 Å². The number of nitrogens with zero attached hydrogens (tertiary/aromatic N) is 1. The van der Waals surface area contributed by atoms with Crippen molar-refractivity contribution >= 4 is 23.2 Å². The standard InChI is InChI=1S/C20H22FN3O2/c21-16-6-4-15(5-7-16)14-22-19(25)20(26)23-17-8-10-18(11-9-17)24-12-2-1-3-13-24/h4-11H,1-3,12-14H2,(H,22,25)(H,23,26). The average Bonchev–Trinajstić information content (AvgIpc) is 2.68. The Bertz CT molecular complexity index is 754. The molecule has 0 radical (unpaired) electrons. The summed E-state index contributed by atoms with van der Waals surface area (Å²) >= 11 is 0. The fourth-order valence-corrected chi connectivity index (χ4v) is 2.96. The van der Waals surface area contributed by atoms with Crippen molar-refractivity contribution in [3.05, 3.63) is 59.9 Å². The molecule has 6 heteroatoms. The first-order valence-electron chi connectivity index (χ1n) is 8.80. The maximum atomic E-state index is 12.8. The highest BCUT2D eigenvalue weighted by molar-refractivity contribution is 6.39. The molecule has 0 bridgehead atoms. The van der Waals surface area contributed by atoms with Crippen molar-refractivity contribution in [2.75, 3.05) is 23.3 Å². The molecule has 26 heavy (non-hydrogen) atoms. The van der Waals surface area contributed by atoms with Crippen LogP contribution in [0.2, 0.25) is 0 Å². The molecule has 0 saturated carbocycles. The smallest absolute Gasteiger partial charge is 0.313 e. The predicted octanol–water partition coefficient (Wildman–Crippen LogP) is 3.07. The van der Waals surface area contributed by atoms with Gasteiger partial charge in [-0.3, -0.25) is 9.59 Å². The zero-order valence-corrected chi connectivity index (χ0v) is 14.5. The Balaban J connectivity index is 1.50. The molecule has 1 fully saturated rings. The molecule has 2 amide bonds. The van der Waals surface area contributed by atoms with Crippen LogP contribution in [0.3, 0.4) is 0 Å². The van der Waals surface area contributed by atoms with E-state index in [0.717, 1.165) is 24.3 Å². The van der Waals surface area contributed by atoms with Crippen LogP contribution in [-0.2, 0) is 16.1 Å². The molecule has 0 spiro atoms. The number of benzene rings is 2. The molecule has 0 aromatic heterocycles. The van der Waals surface area contributed by atoms with E-state index in [0.29, 0.717) is 5.69 Å². The van der Waals surface area contributed by atoms with E-state index >= 15 is 0 Å². The number of amides is 2. The lowest BCUT2D eigenvalue weighted by Gasteiger charge is -2.28. The van der Waals surface area contributed by atoms with Gasteiger partial charge in [-0.05, 0) is 61.2 Å². The second kappa shape index (κ2) is 8.47. The monoisotopic (exact) mass is 355 g/mol. The summed E-state index contributed by atoms with van der Waals surface area (Å²) in [6.45, 7) is 2.27. The topological polar surface area (TPSA) is 61.4 Å². The minimum absolute atomic E-state index is 0.167. The molecule has 1 aliphatic rings. The molecule has 3 rings (SSSR count). The molecule has 0 unspecified atom stereocenters. The van der Waals surface area contributed by atoms with Crippen molar-refractivity contribution in [2.24, 2.45) is 0 Å². The summed E-state index contributed by atoms with van der Waals surface area (Å²) < 4.78 is 12.8. The molecule has 136 valence electrons. The third-order valence-corrected chi connectivity index (χ3v) is 4.42. The Morgan fingerprint density at radius 2 is 1.54 bits per heavy atom. The van der Waals surface area contributed by atoms with Crippen LogP contribution in [0.4, 0.5) is 15.8 Å². The molecule has 2 aromatic carbocycles. The van der Waals surface area contributed by atoms with E-state index in [9.17, 15) is 14.0 Å². The molecule has 5 nitrogen and oxygen atoms in total. The van der Waals surface area contributed by atoms with Gasteiger partial charge in [0, 0.05) is 31.0 Å². The van der Waals surface area contributed by atoms with E-state index in [1.54, 1.807) is 24.3 Å². The lowest BCUT2D eigenvalue weighted by molar-refractivity contribution is -0.136. The Morgan fingerprint density at radius 1 is 0.885 bits per heavy atom. The maximum Gasteiger partial charge on any atom is 0.313 e. The van der Waals surface area contributed by atoms with Gasteiger partial charge < -0.3 is 15.5 Å². The molecular weight excluding hydrogens is 333 g/mol. The van der Waals surface area contributed by atoms with E-state index in [4.69, 9.17) is 0 Å². The first-order chi connectivity index (χ1) is 12.6. The zero-order chi connectivity index (χ0) is 18.4. The minimum atomic E-state index is -0.727. The van der Waals surface area contributed by atoms with Gasteiger partial charge in [0.25, 0.3) is 0 Å². The Labute approximate surface area is 152 Å². The molecule has 2 N–H and O–H groups in total. The van der Waals surface area contributed by atoms with Gasteiger partial charge in [-0.2, -0.15) is 0 Å². The molecule has 1 aliphatic heterocycles. The number of carbonyl (C=O) groups is 2. The van der Waals surface area contributed by atoms with Crippen LogP contribution in [0, 0.1) is 5.82 Å². The Kier molecular flexibility index (Phi) is 5.84. The van der Waals surface area contributed by atoms with E-state index in [1.807, 2.05) is 12.1 Å². The highest BCUT2D eigenvalue weighted by Crippen LogP contribution is 2.21. The lowest BCUT2D eigenvalue weighted by atomic mass is 10.1. The van der Waals surface area contributed by atoms with Crippen LogP contribution < -0.4 is 15.5 Å². The first-order valence-corrected chi connectivity index (χ1v) is 8.80. The summed E-state index contributed by atoms with van der Waals surface area (Å²) in [6.07, 6.45) is 3.68. The molecule has 1 heterocycles. The summed E-state index contributed by atoms with van der Waals surface area (Å²) in [5.41, 5.74) is 2.43. The van der Waals surface area contributed by atoms with Crippen molar-refractivity contribution in [1.82, 2.24) is 5.32 Å². The van der Waals surface area contributed by atoms with Crippen LogP contribution in [0.25, 0.3) is 0 Å². The highest BCUT2D eigenvalue weighted by atomic mass is 19.1. The third kappa shape index (κ3) is 4.81. The van der Waals surface area contributed by atoms with Gasteiger partial charge in [0.2, 0.25) is 0 Å². The van der Waals surface area contributed by atoms with Gasteiger partial charge in [-0.1, -0.05) is 12.1 Å². The van der Waals surface area contributed by atoms with Crippen molar-refractivity contribution in [1.29, 1.82) is 0 Å². The number of anilines is 2. The normalized spacial score (nSPS) is 14.0. The van der Waals surface area contributed by atoms with Crippen molar-refractivity contribution in [3.8, 4) is 0 Å². The predicted molar refractivity (Wildman–Crippen MR) is 99.4 cm³/mol. The molecule has 0 atom stereocenters. The van der Waals surface area contributed by atoms with Crippen LogP contribution in [0.1, 0.15) is 24.8 Å². The highest BCUT2D eigenvalue weighted by Gasteiger charge is 2.14. The molecule has 0 aliphatic carbocycles. The van der Waals surface area contributed by atoms with Gasteiger partial charge in [0.15, 0.2) is 0 Å². The largest absolute Gasteiger partial charge is 0.372 e. The number of piperidine rings is 1. The van der Waals surface area contributed by atoms with E-state index < -0.39 is 11.8 Å². The number of halogens is 1. The summed E-state index contributed by atoms with van der Waals surface area (Å²) in [5, 5.41) is 5.11. The number of nitrogens with one attached hydrogen (secondary N) is 2. The summed E-state index contributed by atoms with van der Waals surface area (Å²) in [7, 11) is 0. The summed E-state index contributed by atoms with van der Waals surface area (Å²) in [6, 6.07) is 13.3. The van der Waals surface area contributed by atoms with Gasteiger partial charge >= 0.3 is 11.8 Å². The quantitative estimate of drug-likeness (QED) is 0.829. The molecule has 2 aromatic rings. The first kappa shape index (κ1) is 17.9. The Hall–Kier alpha value is -2.89. The van der Waals surface area contributed by atoms with Gasteiger partial charge in [0.05, 0.1) is 0 Å². The minimum Gasteiger partial charge on any atom is -0.372 e. The van der Waals surface area contributed by atoms with E-state index in [-0.39, 0.29) is 12.4 Å². The molecular formula is C20H22FN3O2. The Morgan fingerprint density at radius 3 is 2.19 bits per heavy atom. The second-order valence-corrected chi connectivity index (χ2v) is 6.36. The third-order valence-electron chi connectivity index (χ3n) is 4.42. The van der Waals surface area contributed by atoms with Crippen molar-refractivity contribution < 1.29 is 14.0 Å². The van der Waals surface area contributed by atoms with Crippen LogP contribution in [-0.4, -0.2) is 24.9 Å². The number of hydrogen-bond donors (Lipinski definition) is 2. The SMILES string of the molecule is O=C(NCc1ccc(F)cc1)C(=O)Nc1ccc(N2CCCCC2)cc1. The second-order valence-electron chi connectivity index (χ2n) is 6.36. The van der Waals surface area contributed by atoms with Gasteiger partial charge in [0.1, 0.15) is 5.82 Å². The van der Waals surface area contributed by atoms with Crippen molar-refractivity contribution in [3.63, 3.8) is 0 Å². The zero-order valence-electron chi connectivity index (χ0n) is 14.5. The van der Waals surface area contributed by atoms with Gasteiger partial charge in [-0.25, -0.2) is 4.39 Å². The van der Waals surface area contributed by atoms with E-state index in [1.165, 1.54) is 31.4 Å².